The van der Waals surface area contributed by atoms with Gasteiger partial charge in [-0.25, -0.2) is 4.68 Å². The minimum atomic E-state index is 0.555. The largest absolute Gasteiger partial charge is 0.394 e. The lowest BCUT2D eigenvalue weighted by atomic mass is 10.1. The molecule has 1 rings (SSSR count). The fourth-order valence-electron chi connectivity index (χ4n) is 1.39. The van der Waals surface area contributed by atoms with E-state index >= 15 is 0 Å². The monoisotopic (exact) mass is 212 g/mol. The van der Waals surface area contributed by atoms with Crippen molar-refractivity contribution >= 4 is 11.5 Å². The molecule has 1 heterocycles. The van der Waals surface area contributed by atoms with Gasteiger partial charge >= 0.3 is 0 Å². The van der Waals surface area contributed by atoms with Crippen molar-refractivity contribution in [3.8, 4) is 0 Å². The van der Waals surface area contributed by atoms with E-state index in [1.165, 1.54) is 0 Å². The van der Waals surface area contributed by atoms with Gasteiger partial charge in [-0.1, -0.05) is 6.92 Å². The molecule has 1 aromatic rings. The standard InChI is InChI=1S/C10H20N4O/c1-8(4-6-15-2)3-5-14-10(12)9(11)7-13-14/h7-8H,3-6,11-12H2,1-2H3. The van der Waals surface area contributed by atoms with E-state index in [0.29, 0.717) is 17.4 Å². The second-order valence-electron chi connectivity index (χ2n) is 3.88. The van der Waals surface area contributed by atoms with Crippen molar-refractivity contribution in [2.24, 2.45) is 5.92 Å². The number of nitrogens with zero attached hydrogens (tertiary/aromatic N) is 2. The number of hydrogen-bond donors (Lipinski definition) is 2. The van der Waals surface area contributed by atoms with Gasteiger partial charge in [-0.05, 0) is 18.8 Å². The van der Waals surface area contributed by atoms with Crippen LogP contribution in [-0.2, 0) is 11.3 Å². The molecule has 4 N–H and O–H groups in total. The van der Waals surface area contributed by atoms with Crippen LogP contribution in [0.3, 0.4) is 0 Å². The molecule has 0 bridgehead atoms. The predicted molar refractivity (Wildman–Crippen MR) is 61.3 cm³/mol. The molecule has 0 aliphatic carbocycles. The zero-order chi connectivity index (χ0) is 11.3. The number of anilines is 2. The first-order valence-electron chi connectivity index (χ1n) is 5.20. The Morgan fingerprint density at radius 2 is 2.20 bits per heavy atom. The van der Waals surface area contributed by atoms with E-state index in [1.807, 2.05) is 0 Å². The highest BCUT2D eigenvalue weighted by Crippen LogP contribution is 2.15. The normalized spacial score (nSPS) is 12.9. The second-order valence-corrected chi connectivity index (χ2v) is 3.88. The van der Waals surface area contributed by atoms with Crippen LogP contribution in [0.25, 0.3) is 0 Å². The van der Waals surface area contributed by atoms with E-state index in [1.54, 1.807) is 18.0 Å². The van der Waals surface area contributed by atoms with E-state index in [2.05, 4.69) is 12.0 Å². The Kier molecular flexibility index (Phi) is 4.42. The maximum Gasteiger partial charge on any atom is 0.145 e. The van der Waals surface area contributed by atoms with Gasteiger partial charge in [0.25, 0.3) is 0 Å². The molecule has 1 atom stereocenters. The van der Waals surface area contributed by atoms with E-state index in [9.17, 15) is 0 Å². The van der Waals surface area contributed by atoms with Crippen molar-refractivity contribution in [1.82, 2.24) is 9.78 Å². The highest BCUT2D eigenvalue weighted by molar-refractivity contribution is 5.56. The topological polar surface area (TPSA) is 79.1 Å². The average molecular weight is 212 g/mol. The lowest BCUT2D eigenvalue weighted by Gasteiger charge is -2.11. The van der Waals surface area contributed by atoms with Crippen LogP contribution in [0.15, 0.2) is 6.20 Å². The molecule has 5 heteroatoms. The maximum atomic E-state index is 5.74. The first kappa shape index (κ1) is 11.8. The third-order valence-corrected chi connectivity index (χ3v) is 2.56. The summed E-state index contributed by atoms with van der Waals surface area (Å²) in [5.74, 6) is 1.17. The number of ether oxygens (including phenoxy) is 1. The zero-order valence-corrected chi connectivity index (χ0v) is 9.44. The van der Waals surface area contributed by atoms with E-state index in [-0.39, 0.29) is 0 Å². The minimum absolute atomic E-state index is 0.555. The number of aryl methyl sites for hydroxylation is 1. The second kappa shape index (κ2) is 5.60. The Hall–Kier alpha value is -1.23. The van der Waals surface area contributed by atoms with E-state index in [0.717, 1.165) is 26.0 Å². The summed E-state index contributed by atoms with van der Waals surface area (Å²) in [6, 6.07) is 0. The fourth-order valence-corrected chi connectivity index (χ4v) is 1.39. The number of nitrogens with two attached hydrogens (primary N) is 2. The third kappa shape index (κ3) is 3.43. The molecule has 0 aliphatic rings. The van der Waals surface area contributed by atoms with Gasteiger partial charge in [0.2, 0.25) is 0 Å². The highest BCUT2D eigenvalue weighted by Gasteiger charge is 2.06. The number of hydrogen-bond acceptors (Lipinski definition) is 4. The zero-order valence-electron chi connectivity index (χ0n) is 9.44. The molecule has 1 aromatic heterocycles. The Bertz CT molecular complexity index is 298. The molecule has 0 aliphatic heterocycles. The van der Waals surface area contributed by atoms with Gasteiger partial charge in [0.1, 0.15) is 5.82 Å². The molecule has 0 amide bonds. The summed E-state index contributed by atoms with van der Waals surface area (Å²) in [6.45, 7) is 3.81. The van der Waals surface area contributed by atoms with Crippen LogP contribution >= 0.6 is 0 Å². The number of nitrogen functional groups attached to an aromatic ring is 2. The molecule has 0 fully saturated rings. The van der Waals surface area contributed by atoms with Gasteiger partial charge in [-0.15, -0.1) is 0 Å². The van der Waals surface area contributed by atoms with Crippen LogP contribution in [0.4, 0.5) is 11.5 Å². The van der Waals surface area contributed by atoms with E-state index < -0.39 is 0 Å². The van der Waals surface area contributed by atoms with Crippen LogP contribution in [0.5, 0.6) is 0 Å². The molecule has 0 aromatic carbocycles. The first-order valence-corrected chi connectivity index (χ1v) is 5.20. The number of rotatable bonds is 6. The summed E-state index contributed by atoms with van der Waals surface area (Å²) < 4.78 is 6.77. The van der Waals surface area contributed by atoms with E-state index in [4.69, 9.17) is 16.2 Å². The van der Waals surface area contributed by atoms with Gasteiger partial charge in [-0.3, -0.25) is 0 Å². The quantitative estimate of drug-likeness (QED) is 0.740. The minimum Gasteiger partial charge on any atom is -0.394 e. The Labute approximate surface area is 90.4 Å². The summed E-state index contributed by atoms with van der Waals surface area (Å²) in [6.07, 6.45) is 3.69. The Morgan fingerprint density at radius 1 is 1.47 bits per heavy atom. The fraction of sp³-hybridized carbons (Fsp3) is 0.700. The van der Waals surface area contributed by atoms with Crippen molar-refractivity contribution in [3.63, 3.8) is 0 Å². The summed E-state index contributed by atoms with van der Waals surface area (Å²) in [4.78, 5) is 0. The summed E-state index contributed by atoms with van der Waals surface area (Å²) in [5.41, 5.74) is 11.9. The van der Waals surface area contributed by atoms with Gasteiger partial charge < -0.3 is 16.2 Å². The summed E-state index contributed by atoms with van der Waals surface area (Å²) in [7, 11) is 1.72. The molecular weight excluding hydrogens is 192 g/mol. The third-order valence-electron chi connectivity index (χ3n) is 2.56. The molecule has 0 radical (unpaired) electrons. The summed E-state index contributed by atoms with van der Waals surface area (Å²) >= 11 is 0. The molecule has 0 saturated carbocycles. The van der Waals surface area contributed by atoms with Gasteiger partial charge in [0.15, 0.2) is 0 Å². The number of methoxy groups -OCH3 is 1. The van der Waals surface area contributed by atoms with Crippen LogP contribution in [0, 0.1) is 5.92 Å². The molecule has 15 heavy (non-hydrogen) atoms. The van der Waals surface area contributed by atoms with Crippen molar-refractivity contribution in [2.75, 3.05) is 25.2 Å². The van der Waals surface area contributed by atoms with Crippen LogP contribution in [0.1, 0.15) is 19.8 Å². The average Bonchev–Trinajstić information content (AvgIpc) is 2.54. The molecule has 0 spiro atoms. The van der Waals surface area contributed by atoms with Crippen molar-refractivity contribution in [3.05, 3.63) is 6.20 Å². The van der Waals surface area contributed by atoms with Crippen LogP contribution in [-0.4, -0.2) is 23.5 Å². The highest BCUT2D eigenvalue weighted by atomic mass is 16.5. The molecule has 0 saturated heterocycles. The SMILES string of the molecule is COCCC(C)CCn1ncc(N)c1N. The lowest BCUT2D eigenvalue weighted by Crippen LogP contribution is -2.09. The van der Waals surface area contributed by atoms with Gasteiger partial charge in [-0.2, -0.15) is 5.10 Å². The Morgan fingerprint density at radius 3 is 2.73 bits per heavy atom. The van der Waals surface area contributed by atoms with Gasteiger partial charge in [0, 0.05) is 20.3 Å². The first-order chi connectivity index (χ1) is 7.15. The van der Waals surface area contributed by atoms with Crippen molar-refractivity contribution in [1.29, 1.82) is 0 Å². The smallest absolute Gasteiger partial charge is 0.145 e. The van der Waals surface area contributed by atoms with Crippen molar-refractivity contribution in [2.45, 2.75) is 26.3 Å². The molecule has 1 unspecified atom stereocenters. The molecular formula is C10H20N4O. The van der Waals surface area contributed by atoms with Crippen LogP contribution < -0.4 is 11.5 Å². The molecule has 5 nitrogen and oxygen atoms in total. The lowest BCUT2D eigenvalue weighted by molar-refractivity contribution is 0.177. The molecule has 86 valence electrons. The van der Waals surface area contributed by atoms with Gasteiger partial charge in [0.05, 0.1) is 11.9 Å². The number of aromatic nitrogens is 2. The Balaban J connectivity index is 2.33. The maximum absolute atomic E-state index is 5.74. The van der Waals surface area contributed by atoms with Crippen molar-refractivity contribution < 1.29 is 4.74 Å². The summed E-state index contributed by atoms with van der Waals surface area (Å²) in [5, 5.41) is 4.10. The predicted octanol–water partition coefficient (Wildman–Crippen LogP) is 1.11. The van der Waals surface area contributed by atoms with Crippen LogP contribution in [0.2, 0.25) is 0 Å².